The highest BCUT2D eigenvalue weighted by Gasteiger charge is 2.44. The van der Waals surface area contributed by atoms with E-state index in [9.17, 15) is 9.59 Å². The molecule has 2 N–H and O–H groups in total. The Bertz CT molecular complexity index is 529. The van der Waals surface area contributed by atoms with E-state index >= 15 is 0 Å². The number of imide groups is 1. The fraction of sp³-hybridized carbons (Fsp3) is 0.529. The van der Waals surface area contributed by atoms with E-state index < -0.39 is 0 Å². The first-order valence-corrected chi connectivity index (χ1v) is 7.93. The van der Waals surface area contributed by atoms with Gasteiger partial charge in [-0.2, -0.15) is 0 Å². The largest absolute Gasteiger partial charge is 0.333 e. The Balaban J connectivity index is 1.71. The van der Waals surface area contributed by atoms with E-state index in [-0.39, 0.29) is 17.9 Å². The number of benzene rings is 1. The molecule has 3 rings (SSSR count). The zero-order valence-corrected chi connectivity index (χ0v) is 12.5. The Morgan fingerprint density at radius 3 is 2.52 bits per heavy atom. The van der Waals surface area contributed by atoms with E-state index in [4.69, 9.17) is 0 Å². The van der Waals surface area contributed by atoms with Crippen LogP contribution in [0.15, 0.2) is 30.3 Å². The molecule has 21 heavy (non-hydrogen) atoms. The van der Waals surface area contributed by atoms with Crippen LogP contribution in [0.5, 0.6) is 0 Å². The van der Waals surface area contributed by atoms with E-state index in [1.807, 2.05) is 30.3 Å². The van der Waals surface area contributed by atoms with Gasteiger partial charge in [0.15, 0.2) is 6.04 Å². The number of rotatable bonds is 3. The first-order valence-electron chi connectivity index (χ1n) is 7.93. The number of quaternary nitrogens is 1. The van der Waals surface area contributed by atoms with Crippen molar-refractivity contribution in [3.05, 3.63) is 30.3 Å². The molecule has 0 radical (unpaired) electrons. The topological polar surface area (TPSA) is 54.0 Å². The lowest BCUT2D eigenvalue weighted by Gasteiger charge is -2.28. The van der Waals surface area contributed by atoms with Crippen LogP contribution < -0.4 is 10.2 Å². The highest BCUT2D eigenvalue weighted by molar-refractivity contribution is 6.21. The second kappa shape index (κ2) is 5.98. The van der Waals surface area contributed by atoms with Crippen molar-refractivity contribution < 1.29 is 14.9 Å². The first kappa shape index (κ1) is 14.3. The van der Waals surface area contributed by atoms with E-state index in [2.05, 4.69) is 12.2 Å². The molecule has 2 aliphatic rings. The molecule has 112 valence electrons. The maximum absolute atomic E-state index is 12.6. The standard InChI is InChI=1S/C17H22N2O2/c1-12-7-5-6-10-14(12)18-15-11-16(20)19(17(15)21)13-8-3-2-4-9-13/h2-4,8-9,12,14-15,18H,5-7,10-11H2,1H3/p+1/t12-,14+,15-/m1/s1. The van der Waals surface area contributed by atoms with Crippen LogP contribution in [0.1, 0.15) is 39.0 Å². The minimum absolute atomic E-state index is 0.0519. The van der Waals surface area contributed by atoms with Crippen LogP contribution in [0.2, 0.25) is 0 Å². The van der Waals surface area contributed by atoms with Gasteiger partial charge < -0.3 is 5.32 Å². The van der Waals surface area contributed by atoms with Crippen LogP contribution >= 0.6 is 0 Å². The van der Waals surface area contributed by atoms with Crippen molar-refractivity contribution in [1.82, 2.24) is 0 Å². The van der Waals surface area contributed by atoms with Crippen molar-refractivity contribution in [3.8, 4) is 0 Å². The van der Waals surface area contributed by atoms with Gasteiger partial charge in [0.1, 0.15) is 0 Å². The molecule has 1 saturated carbocycles. The van der Waals surface area contributed by atoms with Crippen molar-refractivity contribution in [2.24, 2.45) is 5.92 Å². The molecule has 0 unspecified atom stereocenters. The summed E-state index contributed by atoms with van der Waals surface area (Å²) >= 11 is 0. The van der Waals surface area contributed by atoms with Crippen LogP contribution in [0, 0.1) is 5.92 Å². The summed E-state index contributed by atoms with van der Waals surface area (Å²) in [5, 5.41) is 2.16. The Labute approximate surface area is 125 Å². The maximum atomic E-state index is 12.6. The van der Waals surface area contributed by atoms with Crippen LogP contribution in [-0.2, 0) is 9.59 Å². The van der Waals surface area contributed by atoms with Crippen molar-refractivity contribution in [2.75, 3.05) is 4.90 Å². The number of nitrogens with two attached hydrogens (primary N) is 1. The van der Waals surface area contributed by atoms with Gasteiger partial charge in [0.2, 0.25) is 5.91 Å². The van der Waals surface area contributed by atoms with Crippen LogP contribution in [0.25, 0.3) is 0 Å². The highest BCUT2D eigenvalue weighted by Crippen LogP contribution is 2.24. The average molecular weight is 287 g/mol. The molecule has 1 saturated heterocycles. The number of amides is 2. The van der Waals surface area contributed by atoms with E-state index in [1.165, 1.54) is 24.2 Å². The van der Waals surface area contributed by atoms with E-state index in [0.29, 0.717) is 24.1 Å². The fourth-order valence-corrected chi connectivity index (χ4v) is 3.58. The summed E-state index contributed by atoms with van der Waals surface area (Å²) in [6.45, 7) is 2.26. The summed E-state index contributed by atoms with van der Waals surface area (Å²) in [5.74, 6) is 0.507. The minimum atomic E-state index is -0.233. The normalized spacial score (nSPS) is 30.0. The number of hydrogen-bond acceptors (Lipinski definition) is 2. The lowest BCUT2D eigenvalue weighted by atomic mass is 9.85. The molecule has 1 heterocycles. The molecular formula is C17H23N2O2+. The molecule has 4 nitrogen and oxygen atoms in total. The second-order valence-electron chi connectivity index (χ2n) is 6.33. The molecule has 0 aromatic heterocycles. The molecule has 1 aromatic carbocycles. The van der Waals surface area contributed by atoms with Gasteiger partial charge in [0.05, 0.1) is 18.2 Å². The molecule has 1 aliphatic carbocycles. The molecule has 1 aromatic rings. The SMILES string of the molecule is C[C@@H]1CCCC[C@@H]1[NH2+][C@@H]1CC(=O)N(c2ccccc2)C1=O. The minimum Gasteiger partial charge on any atom is -0.333 e. The number of nitrogens with zero attached hydrogens (tertiary/aromatic N) is 1. The first-order chi connectivity index (χ1) is 10.2. The summed E-state index contributed by atoms with van der Waals surface area (Å²) in [4.78, 5) is 26.1. The van der Waals surface area contributed by atoms with Gasteiger partial charge in [-0.05, 0) is 31.4 Å². The number of carbonyl (C=O) groups excluding carboxylic acids is 2. The van der Waals surface area contributed by atoms with Gasteiger partial charge >= 0.3 is 0 Å². The van der Waals surface area contributed by atoms with Gasteiger partial charge in [-0.3, -0.25) is 9.59 Å². The van der Waals surface area contributed by atoms with Gasteiger partial charge in [-0.15, -0.1) is 0 Å². The zero-order valence-electron chi connectivity index (χ0n) is 12.5. The van der Waals surface area contributed by atoms with Gasteiger partial charge in [0.25, 0.3) is 5.91 Å². The summed E-state index contributed by atoms with van der Waals surface area (Å²) in [6.07, 6.45) is 5.25. The molecule has 4 heteroatoms. The fourth-order valence-electron chi connectivity index (χ4n) is 3.58. The zero-order chi connectivity index (χ0) is 14.8. The number of carbonyl (C=O) groups is 2. The quantitative estimate of drug-likeness (QED) is 0.856. The Morgan fingerprint density at radius 1 is 1.10 bits per heavy atom. The third kappa shape index (κ3) is 2.86. The van der Waals surface area contributed by atoms with Crippen LogP contribution in [-0.4, -0.2) is 23.9 Å². The molecular weight excluding hydrogens is 264 g/mol. The smallest absolute Gasteiger partial charge is 0.292 e. The summed E-state index contributed by atoms with van der Waals surface area (Å²) < 4.78 is 0. The Kier molecular flexibility index (Phi) is 4.06. The van der Waals surface area contributed by atoms with Crippen LogP contribution in [0.3, 0.4) is 0 Å². The maximum Gasteiger partial charge on any atom is 0.292 e. The summed E-state index contributed by atoms with van der Waals surface area (Å²) in [6, 6.07) is 9.50. The average Bonchev–Trinajstić information content (AvgIpc) is 2.77. The van der Waals surface area contributed by atoms with E-state index in [1.54, 1.807) is 0 Å². The predicted molar refractivity (Wildman–Crippen MR) is 80.7 cm³/mol. The van der Waals surface area contributed by atoms with E-state index in [0.717, 1.165) is 6.42 Å². The van der Waals surface area contributed by atoms with Crippen molar-refractivity contribution >= 4 is 17.5 Å². The molecule has 2 amide bonds. The number of para-hydroxylation sites is 1. The third-order valence-corrected chi connectivity index (χ3v) is 4.85. The van der Waals surface area contributed by atoms with Gasteiger partial charge in [0, 0.05) is 5.92 Å². The molecule has 3 atom stereocenters. The highest BCUT2D eigenvalue weighted by atomic mass is 16.2. The van der Waals surface area contributed by atoms with Crippen LogP contribution in [0.4, 0.5) is 5.69 Å². The number of hydrogen-bond donors (Lipinski definition) is 1. The van der Waals surface area contributed by atoms with Crippen molar-refractivity contribution in [3.63, 3.8) is 0 Å². The third-order valence-electron chi connectivity index (χ3n) is 4.85. The molecule has 2 fully saturated rings. The van der Waals surface area contributed by atoms with Crippen molar-refractivity contribution in [1.29, 1.82) is 0 Å². The lowest BCUT2D eigenvalue weighted by molar-refractivity contribution is -0.715. The monoisotopic (exact) mass is 287 g/mol. The molecule has 1 aliphatic heterocycles. The lowest BCUT2D eigenvalue weighted by Crippen LogP contribution is -2.97. The van der Waals surface area contributed by atoms with Gasteiger partial charge in [-0.1, -0.05) is 31.5 Å². The molecule has 0 spiro atoms. The molecule has 0 bridgehead atoms. The number of anilines is 1. The van der Waals surface area contributed by atoms with Gasteiger partial charge in [-0.25, -0.2) is 4.90 Å². The Morgan fingerprint density at radius 2 is 1.81 bits per heavy atom. The Hall–Kier alpha value is -1.68. The van der Waals surface area contributed by atoms with Crippen molar-refractivity contribution in [2.45, 2.75) is 51.1 Å². The summed E-state index contributed by atoms with van der Waals surface area (Å²) in [5.41, 5.74) is 0.695. The summed E-state index contributed by atoms with van der Waals surface area (Å²) in [7, 11) is 0. The second-order valence-corrected chi connectivity index (χ2v) is 6.33. The predicted octanol–water partition coefficient (Wildman–Crippen LogP) is 1.46.